The maximum absolute atomic E-state index is 13.1. The number of hydrogen-bond acceptors (Lipinski definition) is 6. The molecule has 2 atom stereocenters. The summed E-state index contributed by atoms with van der Waals surface area (Å²) < 4.78 is 27.8. The minimum Gasteiger partial charge on any atom is -0.296 e. The van der Waals surface area contributed by atoms with E-state index in [2.05, 4.69) is 29.4 Å². The van der Waals surface area contributed by atoms with Gasteiger partial charge in [-0.25, -0.2) is 8.42 Å². The van der Waals surface area contributed by atoms with Crippen LogP contribution in [0.2, 0.25) is 0 Å². The molecule has 2 aromatic carbocycles. The molecule has 162 valence electrons. The molecule has 31 heavy (non-hydrogen) atoms. The highest BCUT2D eigenvalue weighted by molar-refractivity contribution is 7.89. The lowest BCUT2D eigenvalue weighted by atomic mass is 9.94. The summed E-state index contributed by atoms with van der Waals surface area (Å²) in [6.45, 7) is 5.12. The molecule has 7 nitrogen and oxygen atoms in total. The summed E-state index contributed by atoms with van der Waals surface area (Å²) in [7, 11) is -3.66. The maximum atomic E-state index is 13.1. The molecule has 0 bridgehead atoms. The average molecular weight is 457 g/mol. The normalized spacial score (nSPS) is 19.8. The van der Waals surface area contributed by atoms with Crippen molar-refractivity contribution in [1.82, 2.24) is 14.5 Å². The van der Waals surface area contributed by atoms with E-state index in [0.29, 0.717) is 35.1 Å². The number of piperidine rings is 1. The molecule has 1 amide bonds. The summed E-state index contributed by atoms with van der Waals surface area (Å²) in [5.41, 5.74) is 1.18. The van der Waals surface area contributed by atoms with Crippen LogP contribution in [0.25, 0.3) is 10.6 Å². The van der Waals surface area contributed by atoms with Crippen LogP contribution < -0.4 is 5.32 Å². The Bertz CT molecular complexity index is 1170. The number of rotatable bonds is 5. The second-order valence-corrected chi connectivity index (χ2v) is 10.9. The van der Waals surface area contributed by atoms with Gasteiger partial charge in [0.15, 0.2) is 0 Å². The second-order valence-electron chi connectivity index (χ2n) is 8.03. The van der Waals surface area contributed by atoms with Crippen molar-refractivity contribution < 1.29 is 13.2 Å². The van der Waals surface area contributed by atoms with Crippen molar-refractivity contribution in [1.29, 1.82) is 0 Å². The third kappa shape index (κ3) is 4.84. The zero-order valence-corrected chi connectivity index (χ0v) is 19.0. The smallest absolute Gasteiger partial charge is 0.257 e. The molecule has 1 saturated heterocycles. The molecule has 1 aliphatic rings. The van der Waals surface area contributed by atoms with E-state index in [1.54, 1.807) is 12.1 Å². The number of benzene rings is 2. The van der Waals surface area contributed by atoms with Crippen LogP contribution >= 0.6 is 11.3 Å². The third-order valence-electron chi connectivity index (χ3n) is 5.24. The van der Waals surface area contributed by atoms with E-state index in [0.717, 1.165) is 12.0 Å². The van der Waals surface area contributed by atoms with Gasteiger partial charge in [0.1, 0.15) is 5.01 Å². The molecule has 2 unspecified atom stereocenters. The van der Waals surface area contributed by atoms with Gasteiger partial charge >= 0.3 is 0 Å². The summed E-state index contributed by atoms with van der Waals surface area (Å²) in [4.78, 5) is 12.9. The summed E-state index contributed by atoms with van der Waals surface area (Å²) in [5.74, 6) is 0.190. The highest BCUT2D eigenvalue weighted by Gasteiger charge is 2.32. The lowest BCUT2D eigenvalue weighted by Gasteiger charge is -2.34. The van der Waals surface area contributed by atoms with Gasteiger partial charge in [0.25, 0.3) is 5.91 Å². The topological polar surface area (TPSA) is 92.3 Å². The fourth-order valence-corrected chi connectivity index (χ4v) is 6.36. The van der Waals surface area contributed by atoms with Crippen LogP contribution in [-0.2, 0) is 10.0 Å². The Morgan fingerprint density at radius 1 is 1.03 bits per heavy atom. The van der Waals surface area contributed by atoms with Crippen molar-refractivity contribution in [2.45, 2.75) is 25.2 Å². The Morgan fingerprint density at radius 2 is 1.74 bits per heavy atom. The predicted molar refractivity (Wildman–Crippen MR) is 121 cm³/mol. The number of sulfonamides is 1. The molecule has 2 heterocycles. The number of nitrogens with zero attached hydrogens (tertiary/aromatic N) is 3. The van der Waals surface area contributed by atoms with Crippen LogP contribution in [-0.4, -0.2) is 41.9 Å². The molecule has 1 fully saturated rings. The summed E-state index contributed by atoms with van der Waals surface area (Å²) in [6, 6.07) is 15.7. The predicted octanol–water partition coefficient (Wildman–Crippen LogP) is 4.12. The van der Waals surface area contributed by atoms with E-state index >= 15 is 0 Å². The molecule has 0 radical (unpaired) electrons. The van der Waals surface area contributed by atoms with E-state index < -0.39 is 15.9 Å². The number of carbonyl (C=O) groups excluding carboxylic acids is 1. The molecule has 0 saturated carbocycles. The first-order valence-electron chi connectivity index (χ1n) is 10.1. The van der Waals surface area contributed by atoms with E-state index in [9.17, 15) is 13.2 Å². The Morgan fingerprint density at radius 3 is 2.45 bits per heavy atom. The Balaban J connectivity index is 1.52. The molecule has 3 aromatic rings. The molecular formula is C22H24N4O3S2. The Hall–Kier alpha value is -2.62. The number of hydrogen-bond donors (Lipinski definition) is 1. The van der Waals surface area contributed by atoms with Crippen molar-refractivity contribution >= 4 is 32.4 Å². The van der Waals surface area contributed by atoms with Gasteiger partial charge in [-0.2, -0.15) is 4.31 Å². The van der Waals surface area contributed by atoms with Crippen molar-refractivity contribution in [3.8, 4) is 10.6 Å². The number of aromatic nitrogens is 2. The van der Waals surface area contributed by atoms with Gasteiger partial charge in [-0.05, 0) is 36.5 Å². The van der Waals surface area contributed by atoms with Crippen LogP contribution in [0.5, 0.6) is 0 Å². The summed E-state index contributed by atoms with van der Waals surface area (Å²) in [5, 5.41) is 11.9. The van der Waals surface area contributed by atoms with Crippen LogP contribution in [0.1, 0.15) is 30.6 Å². The van der Waals surface area contributed by atoms with Gasteiger partial charge in [-0.15, -0.1) is 10.2 Å². The fourth-order valence-electron chi connectivity index (χ4n) is 3.89. The molecular weight excluding hydrogens is 432 g/mol. The van der Waals surface area contributed by atoms with Crippen molar-refractivity contribution in [3.63, 3.8) is 0 Å². The zero-order chi connectivity index (χ0) is 22.0. The van der Waals surface area contributed by atoms with Gasteiger partial charge in [-0.1, -0.05) is 61.6 Å². The van der Waals surface area contributed by atoms with Gasteiger partial charge in [0.2, 0.25) is 15.2 Å². The van der Waals surface area contributed by atoms with Gasteiger partial charge in [0.05, 0.1) is 4.90 Å². The first kappa shape index (κ1) is 21.6. The van der Waals surface area contributed by atoms with Gasteiger partial charge in [-0.3, -0.25) is 10.1 Å². The summed E-state index contributed by atoms with van der Waals surface area (Å²) >= 11 is 1.26. The van der Waals surface area contributed by atoms with E-state index in [1.807, 2.05) is 30.3 Å². The van der Waals surface area contributed by atoms with Crippen LogP contribution in [0.3, 0.4) is 0 Å². The van der Waals surface area contributed by atoms with E-state index in [1.165, 1.54) is 27.8 Å². The van der Waals surface area contributed by atoms with Crippen LogP contribution in [0.4, 0.5) is 5.13 Å². The van der Waals surface area contributed by atoms with Crippen molar-refractivity contribution in [3.05, 3.63) is 60.2 Å². The number of anilines is 1. The Labute approximate surface area is 186 Å². The largest absolute Gasteiger partial charge is 0.296 e. The number of nitrogens with one attached hydrogen (secondary N) is 1. The number of amides is 1. The third-order valence-corrected chi connectivity index (χ3v) is 7.95. The van der Waals surface area contributed by atoms with Crippen molar-refractivity contribution in [2.24, 2.45) is 11.8 Å². The van der Waals surface area contributed by atoms with E-state index in [-0.39, 0.29) is 10.5 Å². The standard InChI is InChI=1S/C22H24N4O3S2/c1-15-11-16(2)14-26(13-15)31(28,29)19-10-6-9-18(12-19)20(27)23-22-25-24-21(30-22)17-7-4-3-5-8-17/h3-10,12,15-16H,11,13-14H2,1-2H3,(H,23,25,27). The molecule has 9 heteroatoms. The minimum absolute atomic E-state index is 0.128. The average Bonchev–Trinajstić information content (AvgIpc) is 3.22. The first-order chi connectivity index (χ1) is 14.8. The van der Waals surface area contributed by atoms with Crippen LogP contribution in [0, 0.1) is 11.8 Å². The molecule has 4 rings (SSSR count). The molecule has 1 aliphatic heterocycles. The fraction of sp³-hybridized carbons (Fsp3) is 0.318. The Kier molecular flexibility index (Phi) is 6.17. The monoisotopic (exact) mass is 456 g/mol. The van der Waals surface area contributed by atoms with Crippen molar-refractivity contribution in [2.75, 3.05) is 18.4 Å². The molecule has 1 N–H and O–H groups in total. The highest BCUT2D eigenvalue weighted by atomic mass is 32.2. The zero-order valence-electron chi connectivity index (χ0n) is 17.4. The second kappa shape index (κ2) is 8.86. The van der Waals surface area contributed by atoms with Gasteiger partial charge in [0, 0.05) is 24.2 Å². The molecule has 1 aromatic heterocycles. The molecule has 0 spiro atoms. The van der Waals surface area contributed by atoms with E-state index in [4.69, 9.17) is 0 Å². The number of carbonyl (C=O) groups is 1. The minimum atomic E-state index is -3.66. The van der Waals surface area contributed by atoms with Gasteiger partial charge < -0.3 is 0 Å². The first-order valence-corrected chi connectivity index (χ1v) is 12.4. The van der Waals surface area contributed by atoms with Crippen LogP contribution in [0.15, 0.2) is 59.5 Å². The lowest BCUT2D eigenvalue weighted by molar-refractivity contribution is 0.102. The highest BCUT2D eigenvalue weighted by Crippen LogP contribution is 2.28. The maximum Gasteiger partial charge on any atom is 0.257 e. The lowest BCUT2D eigenvalue weighted by Crippen LogP contribution is -2.42. The summed E-state index contributed by atoms with van der Waals surface area (Å²) in [6.07, 6.45) is 1.02. The molecule has 0 aliphatic carbocycles. The SMILES string of the molecule is CC1CC(C)CN(S(=O)(=O)c2cccc(C(=O)Nc3nnc(-c4ccccc4)s3)c2)C1. The quantitative estimate of drug-likeness (QED) is 0.623.